The van der Waals surface area contributed by atoms with Gasteiger partial charge in [0.25, 0.3) is 0 Å². The number of anilines is 1. The van der Waals surface area contributed by atoms with Crippen molar-refractivity contribution in [1.29, 1.82) is 0 Å². The van der Waals surface area contributed by atoms with Crippen molar-refractivity contribution in [3.63, 3.8) is 0 Å². The minimum absolute atomic E-state index is 0. The molecule has 33 heavy (non-hydrogen) atoms. The van der Waals surface area contributed by atoms with Crippen molar-refractivity contribution >= 4 is 35.6 Å². The highest BCUT2D eigenvalue weighted by Gasteiger charge is 2.24. The SMILES string of the molecule is CCNC(=NCc1ccc(N2CCN(CC)CC2)c(F)c1)N1CCC(c2ncn[nH]2)CC1.I. The molecule has 2 fully saturated rings. The first-order valence-electron chi connectivity index (χ1n) is 11.8. The van der Waals surface area contributed by atoms with Gasteiger partial charge < -0.3 is 20.0 Å². The van der Waals surface area contributed by atoms with E-state index in [1.54, 1.807) is 12.4 Å². The number of piperazine rings is 1. The molecular formula is C23H36FIN8. The van der Waals surface area contributed by atoms with Crippen molar-refractivity contribution < 1.29 is 4.39 Å². The van der Waals surface area contributed by atoms with E-state index in [2.05, 4.69) is 49.0 Å². The van der Waals surface area contributed by atoms with Gasteiger partial charge in [-0.25, -0.2) is 14.4 Å². The Labute approximate surface area is 213 Å². The van der Waals surface area contributed by atoms with Gasteiger partial charge in [-0.3, -0.25) is 5.10 Å². The Morgan fingerprint density at radius 2 is 1.91 bits per heavy atom. The van der Waals surface area contributed by atoms with Gasteiger partial charge >= 0.3 is 0 Å². The van der Waals surface area contributed by atoms with Gasteiger partial charge in [0, 0.05) is 51.7 Å². The molecule has 0 saturated carbocycles. The lowest BCUT2D eigenvalue weighted by molar-refractivity contribution is 0.270. The van der Waals surface area contributed by atoms with Gasteiger partial charge in [-0.1, -0.05) is 13.0 Å². The number of halogens is 2. The summed E-state index contributed by atoms with van der Waals surface area (Å²) in [4.78, 5) is 15.9. The van der Waals surface area contributed by atoms with E-state index < -0.39 is 0 Å². The van der Waals surface area contributed by atoms with E-state index in [-0.39, 0.29) is 29.8 Å². The monoisotopic (exact) mass is 570 g/mol. The van der Waals surface area contributed by atoms with Crippen LogP contribution < -0.4 is 10.2 Å². The van der Waals surface area contributed by atoms with Crippen LogP contribution >= 0.6 is 24.0 Å². The van der Waals surface area contributed by atoms with Crippen LogP contribution in [0.2, 0.25) is 0 Å². The Bertz CT molecular complexity index is 875. The number of aromatic nitrogens is 3. The third-order valence-corrected chi connectivity index (χ3v) is 6.53. The maximum Gasteiger partial charge on any atom is 0.194 e. The fraction of sp³-hybridized carbons (Fsp3) is 0.609. The molecule has 182 valence electrons. The van der Waals surface area contributed by atoms with Crippen molar-refractivity contribution in [2.75, 3.05) is 57.3 Å². The first kappa shape index (κ1) is 25.7. The molecule has 0 aliphatic carbocycles. The van der Waals surface area contributed by atoms with E-state index >= 15 is 0 Å². The highest BCUT2D eigenvalue weighted by Crippen LogP contribution is 2.25. The Morgan fingerprint density at radius 3 is 2.52 bits per heavy atom. The third kappa shape index (κ3) is 6.56. The second-order valence-corrected chi connectivity index (χ2v) is 8.51. The number of rotatable bonds is 6. The van der Waals surface area contributed by atoms with Crippen molar-refractivity contribution in [3.8, 4) is 0 Å². The molecule has 1 aromatic carbocycles. The normalized spacial score (nSPS) is 18.3. The van der Waals surface area contributed by atoms with E-state index in [1.165, 1.54) is 0 Å². The predicted molar refractivity (Wildman–Crippen MR) is 141 cm³/mol. The van der Waals surface area contributed by atoms with Crippen LogP contribution in [0.15, 0.2) is 29.5 Å². The fourth-order valence-corrected chi connectivity index (χ4v) is 4.58. The van der Waals surface area contributed by atoms with Gasteiger partial charge in [-0.05, 0) is 44.0 Å². The maximum absolute atomic E-state index is 14.9. The van der Waals surface area contributed by atoms with Gasteiger partial charge in [0.1, 0.15) is 18.0 Å². The van der Waals surface area contributed by atoms with Crippen molar-refractivity contribution in [3.05, 3.63) is 41.7 Å². The minimum Gasteiger partial charge on any atom is -0.367 e. The Hall–Kier alpha value is -1.95. The zero-order valence-corrected chi connectivity index (χ0v) is 22.0. The summed E-state index contributed by atoms with van der Waals surface area (Å²) >= 11 is 0. The summed E-state index contributed by atoms with van der Waals surface area (Å²) < 4.78 is 14.9. The van der Waals surface area contributed by atoms with Crippen LogP contribution in [0, 0.1) is 5.82 Å². The number of guanidine groups is 1. The summed E-state index contributed by atoms with van der Waals surface area (Å²) in [6, 6.07) is 5.57. The highest BCUT2D eigenvalue weighted by atomic mass is 127. The molecule has 0 atom stereocenters. The summed E-state index contributed by atoms with van der Waals surface area (Å²) in [6.45, 7) is 12.1. The number of piperidine rings is 1. The Balaban J connectivity index is 0.00000306. The topological polar surface area (TPSA) is 75.7 Å². The summed E-state index contributed by atoms with van der Waals surface area (Å²) in [7, 11) is 0. The number of aromatic amines is 1. The summed E-state index contributed by atoms with van der Waals surface area (Å²) in [6.07, 6.45) is 3.59. The lowest BCUT2D eigenvalue weighted by Gasteiger charge is -2.35. The first-order chi connectivity index (χ1) is 15.7. The van der Waals surface area contributed by atoms with Gasteiger partial charge in [0.15, 0.2) is 5.96 Å². The molecule has 0 spiro atoms. The molecule has 2 aliphatic heterocycles. The number of likely N-dealkylation sites (N-methyl/N-ethyl adjacent to an activating group) is 1. The molecule has 0 bridgehead atoms. The van der Waals surface area contributed by atoms with Gasteiger partial charge in [0.05, 0.1) is 12.2 Å². The second kappa shape index (κ2) is 12.5. The largest absolute Gasteiger partial charge is 0.367 e. The van der Waals surface area contributed by atoms with Crippen molar-refractivity contribution in [1.82, 2.24) is 30.3 Å². The van der Waals surface area contributed by atoms with Crippen LogP contribution in [0.1, 0.15) is 44.0 Å². The van der Waals surface area contributed by atoms with Crippen LogP contribution in [0.3, 0.4) is 0 Å². The van der Waals surface area contributed by atoms with E-state index in [9.17, 15) is 4.39 Å². The summed E-state index contributed by atoms with van der Waals surface area (Å²) in [5.41, 5.74) is 1.60. The van der Waals surface area contributed by atoms with Crippen molar-refractivity contribution in [2.45, 2.75) is 39.2 Å². The van der Waals surface area contributed by atoms with Crippen LogP contribution in [-0.2, 0) is 6.54 Å². The fourth-order valence-electron chi connectivity index (χ4n) is 4.58. The zero-order chi connectivity index (χ0) is 22.3. The van der Waals surface area contributed by atoms with E-state index in [0.717, 1.165) is 82.5 Å². The van der Waals surface area contributed by atoms with E-state index in [4.69, 9.17) is 4.99 Å². The van der Waals surface area contributed by atoms with Gasteiger partial charge in [-0.15, -0.1) is 24.0 Å². The van der Waals surface area contributed by atoms with Crippen LogP contribution in [0.25, 0.3) is 0 Å². The zero-order valence-electron chi connectivity index (χ0n) is 19.6. The number of aliphatic imine (C=N–C) groups is 1. The lowest BCUT2D eigenvalue weighted by Crippen LogP contribution is -2.46. The summed E-state index contributed by atoms with van der Waals surface area (Å²) in [5.74, 6) is 2.12. The molecule has 10 heteroatoms. The molecule has 8 nitrogen and oxygen atoms in total. The molecule has 0 amide bonds. The maximum atomic E-state index is 14.9. The lowest BCUT2D eigenvalue weighted by atomic mass is 9.96. The van der Waals surface area contributed by atoms with Gasteiger partial charge in [-0.2, -0.15) is 5.10 Å². The average Bonchev–Trinajstić information content (AvgIpc) is 3.37. The number of benzene rings is 1. The molecule has 0 unspecified atom stereocenters. The minimum atomic E-state index is -0.152. The Morgan fingerprint density at radius 1 is 1.15 bits per heavy atom. The van der Waals surface area contributed by atoms with E-state index in [0.29, 0.717) is 18.2 Å². The smallest absolute Gasteiger partial charge is 0.194 e. The van der Waals surface area contributed by atoms with Crippen LogP contribution in [0.5, 0.6) is 0 Å². The third-order valence-electron chi connectivity index (χ3n) is 6.53. The quantitative estimate of drug-likeness (QED) is 0.316. The Kier molecular flexibility index (Phi) is 9.72. The van der Waals surface area contributed by atoms with Gasteiger partial charge in [0.2, 0.25) is 0 Å². The molecule has 0 radical (unpaired) electrons. The van der Waals surface area contributed by atoms with E-state index in [1.807, 2.05) is 12.1 Å². The standard InChI is InChI=1S/C23H35FN8.HI/c1-3-25-23(32-9-7-19(8-10-32)22-27-17-28-29-22)26-16-18-5-6-21(20(24)15-18)31-13-11-30(4-2)12-14-31;/h5-6,15,17,19H,3-4,7-14,16H2,1-2H3,(H,25,26)(H,27,28,29);1H. The van der Waals surface area contributed by atoms with Crippen molar-refractivity contribution in [2.24, 2.45) is 4.99 Å². The predicted octanol–water partition coefficient (Wildman–Crippen LogP) is 3.05. The number of H-pyrrole nitrogens is 1. The number of nitrogens with one attached hydrogen (secondary N) is 2. The molecule has 4 rings (SSSR count). The number of likely N-dealkylation sites (tertiary alicyclic amines) is 1. The molecule has 2 saturated heterocycles. The molecule has 3 heterocycles. The molecular weight excluding hydrogens is 534 g/mol. The second-order valence-electron chi connectivity index (χ2n) is 8.51. The molecule has 2 N–H and O–H groups in total. The summed E-state index contributed by atoms with van der Waals surface area (Å²) in [5, 5.41) is 10.4. The highest BCUT2D eigenvalue weighted by molar-refractivity contribution is 14.0. The first-order valence-corrected chi connectivity index (χ1v) is 11.8. The van der Waals surface area contributed by atoms with Crippen LogP contribution in [0.4, 0.5) is 10.1 Å². The number of hydrogen-bond acceptors (Lipinski definition) is 5. The number of hydrogen-bond donors (Lipinski definition) is 2. The molecule has 2 aromatic rings. The average molecular weight is 570 g/mol. The van der Waals surface area contributed by atoms with Crippen LogP contribution in [-0.4, -0.2) is 83.3 Å². The molecule has 2 aliphatic rings. The number of nitrogens with zero attached hydrogens (tertiary/aromatic N) is 6. The molecule has 1 aromatic heterocycles.